The molecule has 1 amide bonds. The summed E-state index contributed by atoms with van der Waals surface area (Å²) in [6, 6.07) is 4.46. The molecule has 1 aromatic carbocycles. The summed E-state index contributed by atoms with van der Waals surface area (Å²) < 4.78 is 0. The van der Waals surface area contributed by atoms with Crippen LogP contribution in [0, 0.1) is 17.0 Å². The van der Waals surface area contributed by atoms with Crippen molar-refractivity contribution in [2.45, 2.75) is 19.4 Å². The lowest BCUT2D eigenvalue weighted by molar-refractivity contribution is -0.385. The van der Waals surface area contributed by atoms with Crippen LogP contribution in [0.15, 0.2) is 18.2 Å². The molecular formula is C14H21N3O4. The molecule has 0 fully saturated rings. The van der Waals surface area contributed by atoms with E-state index < -0.39 is 16.4 Å². The van der Waals surface area contributed by atoms with Crippen molar-refractivity contribution >= 4 is 11.6 Å². The van der Waals surface area contributed by atoms with Crippen molar-refractivity contribution in [1.82, 2.24) is 10.2 Å². The Balaban J connectivity index is 2.88. The lowest BCUT2D eigenvalue weighted by Gasteiger charge is -2.27. The van der Waals surface area contributed by atoms with Gasteiger partial charge in [0.15, 0.2) is 0 Å². The summed E-state index contributed by atoms with van der Waals surface area (Å²) in [7, 11) is 3.62. The van der Waals surface area contributed by atoms with Gasteiger partial charge in [-0.2, -0.15) is 0 Å². The number of nitro benzene ring substituents is 1. The number of carbonyl (C=O) groups is 1. The van der Waals surface area contributed by atoms with E-state index in [-0.39, 0.29) is 17.8 Å². The summed E-state index contributed by atoms with van der Waals surface area (Å²) in [5.41, 5.74) is -0.798. The number of nitrogens with one attached hydrogen (secondary N) is 1. The number of rotatable bonds is 6. The number of nitrogens with zero attached hydrogens (tertiary/aromatic N) is 2. The molecule has 0 aromatic heterocycles. The number of aliphatic hydroxyl groups is 1. The molecule has 0 aliphatic heterocycles. The second kappa shape index (κ2) is 6.64. The van der Waals surface area contributed by atoms with Gasteiger partial charge in [-0.15, -0.1) is 0 Å². The molecule has 0 radical (unpaired) electrons. The van der Waals surface area contributed by atoms with Crippen molar-refractivity contribution in [2.75, 3.05) is 27.2 Å². The van der Waals surface area contributed by atoms with Crippen LogP contribution in [0.1, 0.15) is 22.8 Å². The van der Waals surface area contributed by atoms with E-state index in [1.807, 2.05) is 14.1 Å². The van der Waals surface area contributed by atoms with Crippen LogP contribution in [-0.4, -0.2) is 53.6 Å². The van der Waals surface area contributed by atoms with Crippen LogP contribution < -0.4 is 5.32 Å². The summed E-state index contributed by atoms with van der Waals surface area (Å²) >= 11 is 0. The van der Waals surface area contributed by atoms with E-state index >= 15 is 0 Å². The zero-order valence-corrected chi connectivity index (χ0v) is 12.7. The van der Waals surface area contributed by atoms with Gasteiger partial charge in [-0.3, -0.25) is 14.9 Å². The van der Waals surface area contributed by atoms with Crippen LogP contribution in [0.25, 0.3) is 0 Å². The van der Waals surface area contributed by atoms with Crippen LogP contribution in [-0.2, 0) is 0 Å². The van der Waals surface area contributed by atoms with Crippen molar-refractivity contribution in [1.29, 1.82) is 0 Å². The molecule has 0 bridgehead atoms. The van der Waals surface area contributed by atoms with Gasteiger partial charge in [0, 0.05) is 19.2 Å². The number of benzene rings is 1. The first kappa shape index (κ1) is 17.1. The quantitative estimate of drug-likeness (QED) is 0.601. The van der Waals surface area contributed by atoms with Crippen molar-refractivity contribution in [3.8, 4) is 0 Å². The van der Waals surface area contributed by atoms with Crippen molar-refractivity contribution < 1.29 is 14.8 Å². The van der Waals surface area contributed by atoms with Gasteiger partial charge in [0.25, 0.3) is 11.6 Å². The predicted molar refractivity (Wildman–Crippen MR) is 79.3 cm³/mol. The van der Waals surface area contributed by atoms with E-state index in [1.54, 1.807) is 24.8 Å². The van der Waals surface area contributed by atoms with Gasteiger partial charge in [-0.05, 0) is 33.5 Å². The first-order chi connectivity index (χ1) is 9.64. The first-order valence-corrected chi connectivity index (χ1v) is 6.53. The summed E-state index contributed by atoms with van der Waals surface area (Å²) in [4.78, 5) is 24.4. The molecule has 0 heterocycles. The number of hydrogen-bond acceptors (Lipinski definition) is 5. The Hall–Kier alpha value is -1.99. The van der Waals surface area contributed by atoms with E-state index in [0.717, 1.165) is 0 Å². The Morgan fingerprint density at radius 2 is 2.10 bits per heavy atom. The van der Waals surface area contributed by atoms with Gasteiger partial charge in [0.2, 0.25) is 0 Å². The third kappa shape index (κ3) is 4.80. The van der Waals surface area contributed by atoms with Gasteiger partial charge < -0.3 is 15.3 Å². The molecule has 0 saturated carbocycles. The maximum absolute atomic E-state index is 12.2. The lowest BCUT2D eigenvalue weighted by atomic mass is 10.0. The van der Waals surface area contributed by atoms with E-state index in [0.29, 0.717) is 12.1 Å². The van der Waals surface area contributed by atoms with Crippen LogP contribution >= 0.6 is 0 Å². The van der Waals surface area contributed by atoms with Crippen LogP contribution in [0.5, 0.6) is 0 Å². The molecule has 0 saturated heterocycles. The summed E-state index contributed by atoms with van der Waals surface area (Å²) in [6.07, 6.45) is 0. The Labute approximate surface area is 123 Å². The number of nitro groups is 1. The summed E-state index contributed by atoms with van der Waals surface area (Å²) in [6.45, 7) is 3.61. The van der Waals surface area contributed by atoms with Crippen LogP contribution in [0.3, 0.4) is 0 Å². The molecule has 1 unspecified atom stereocenters. The third-order valence-electron chi connectivity index (χ3n) is 2.96. The van der Waals surface area contributed by atoms with E-state index in [4.69, 9.17) is 0 Å². The average molecular weight is 295 g/mol. The highest BCUT2D eigenvalue weighted by Gasteiger charge is 2.26. The fraction of sp³-hybridized carbons (Fsp3) is 0.500. The van der Waals surface area contributed by atoms with Crippen molar-refractivity contribution in [2.24, 2.45) is 0 Å². The second-order valence-corrected chi connectivity index (χ2v) is 5.64. The minimum absolute atomic E-state index is 0.00943. The largest absolute Gasteiger partial charge is 0.387 e. The molecule has 1 atom stereocenters. The minimum Gasteiger partial charge on any atom is -0.387 e. The van der Waals surface area contributed by atoms with Crippen LogP contribution in [0.2, 0.25) is 0 Å². The minimum atomic E-state index is -1.11. The van der Waals surface area contributed by atoms with Crippen molar-refractivity contribution in [3.63, 3.8) is 0 Å². The van der Waals surface area contributed by atoms with Crippen LogP contribution in [0.4, 0.5) is 5.69 Å². The molecule has 116 valence electrons. The molecule has 0 aliphatic rings. The van der Waals surface area contributed by atoms with E-state index in [9.17, 15) is 20.0 Å². The molecule has 2 N–H and O–H groups in total. The Morgan fingerprint density at radius 3 is 2.62 bits per heavy atom. The van der Waals surface area contributed by atoms with Gasteiger partial charge >= 0.3 is 0 Å². The fourth-order valence-corrected chi connectivity index (χ4v) is 2.20. The van der Waals surface area contributed by atoms with Gasteiger partial charge in [0.1, 0.15) is 5.56 Å². The fourth-order valence-electron chi connectivity index (χ4n) is 2.20. The smallest absolute Gasteiger partial charge is 0.282 e. The van der Waals surface area contributed by atoms with Gasteiger partial charge in [-0.1, -0.05) is 12.1 Å². The van der Waals surface area contributed by atoms with Gasteiger partial charge in [-0.25, -0.2) is 0 Å². The molecule has 21 heavy (non-hydrogen) atoms. The zero-order chi connectivity index (χ0) is 16.2. The molecule has 0 aliphatic carbocycles. The summed E-state index contributed by atoms with van der Waals surface area (Å²) in [5.74, 6) is -0.557. The monoisotopic (exact) mass is 295 g/mol. The zero-order valence-electron chi connectivity index (χ0n) is 12.7. The number of likely N-dealkylation sites (N-methyl/N-ethyl adjacent to an activating group) is 1. The number of hydrogen-bond donors (Lipinski definition) is 2. The predicted octanol–water partition coefficient (Wildman–Crippen LogP) is 0.946. The highest BCUT2D eigenvalue weighted by molar-refractivity contribution is 5.99. The molecule has 7 heteroatoms. The van der Waals surface area contributed by atoms with E-state index in [2.05, 4.69) is 5.32 Å². The third-order valence-corrected chi connectivity index (χ3v) is 2.96. The number of aryl methyl sites for hydroxylation is 1. The Morgan fingerprint density at radius 1 is 1.48 bits per heavy atom. The maximum atomic E-state index is 12.2. The highest BCUT2D eigenvalue weighted by atomic mass is 16.6. The SMILES string of the molecule is Cc1cccc([N+](=O)[O-])c1C(=O)NCC(C)(O)CN(C)C. The highest BCUT2D eigenvalue weighted by Crippen LogP contribution is 2.21. The van der Waals surface area contributed by atoms with E-state index in [1.165, 1.54) is 12.1 Å². The number of amides is 1. The Kier molecular flexibility index (Phi) is 5.40. The normalized spacial score (nSPS) is 13.8. The lowest BCUT2D eigenvalue weighted by Crippen LogP contribution is -2.47. The molecule has 7 nitrogen and oxygen atoms in total. The second-order valence-electron chi connectivity index (χ2n) is 5.64. The summed E-state index contributed by atoms with van der Waals surface area (Å²) in [5, 5.41) is 23.7. The molecule has 1 rings (SSSR count). The average Bonchev–Trinajstić information content (AvgIpc) is 2.34. The molecule has 1 aromatic rings. The maximum Gasteiger partial charge on any atom is 0.282 e. The topological polar surface area (TPSA) is 95.7 Å². The number of carbonyl (C=O) groups excluding carboxylic acids is 1. The molecule has 0 spiro atoms. The first-order valence-electron chi connectivity index (χ1n) is 6.53. The van der Waals surface area contributed by atoms with Crippen molar-refractivity contribution in [3.05, 3.63) is 39.4 Å². The standard InChI is InChI=1S/C14H21N3O4/c1-10-6-5-7-11(17(20)21)12(10)13(18)15-8-14(2,19)9-16(3)4/h5-7,19H,8-9H2,1-4H3,(H,15,18). The van der Waals surface area contributed by atoms with Gasteiger partial charge in [0.05, 0.1) is 10.5 Å². The molecular weight excluding hydrogens is 274 g/mol. The Bertz CT molecular complexity index is 541.